The SMILES string of the molecule is Cc1cccc(-c2ccccc2C(N)P(=O)(O)O)n1. The van der Waals surface area contributed by atoms with Gasteiger partial charge in [0.2, 0.25) is 0 Å². The fourth-order valence-electron chi connectivity index (χ4n) is 1.86. The molecule has 6 heteroatoms. The second kappa shape index (κ2) is 5.23. The number of hydrogen-bond donors (Lipinski definition) is 3. The van der Waals surface area contributed by atoms with Gasteiger partial charge in [-0.25, -0.2) is 0 Å². The molecule has 1 aromatic heterocycles. The van der Waals surface area contributed by atoms with Gasteiger partial charge >= 0.3 is 7.60 Å². The quantitative estimate of drug-likeness (QED) is 0.748. The van der Waals surface area contributed by atoms with E-state index in [0.717, 1.165) is 5.69 Å². The van der Waals surface area contributed by atoms with E-state index < -0.39 is 13.4 Å². The molecule has 1 unspecified atom stereocenters. The molecule has 0 saturated heterocycles. The molecule has 100 valence electrons. The normalized spacial score (nSPS) is 13.3. The van der Waals surface area contributed by atoms with Crippen LogP contribution < -0.4 is 5.73 Å². The van der Waals surface area contributed by atoms with Crippen molar-refractivity contribution in [3.05, 3.63) is 53.7 Å². The lowest BCUT2D eigenvalue weighted by molar-refractivity contribution is 0.359. The molecule has 2 aromatic rings. The van der Waals surface area contributed by atoms with Crippen LogP contribution in [0.3, 0.4) is 0 Å². The average Bonchev–Trinajstić information content (AvgIpc) is 2.37. The molecule has 1 atom stereocenters. The average molecular weight is 278 g/mol. The van der Waals surface area contributed by atoms with Gasteiger partial charge in [-0.3, -0.25) is 9.55 Å². The van der Waals surface area contributed by atoms with Crippen LogP contribution in [0.4, 0.5) is 0 Å². The Morgan fingerprint density at radius 3 is 2.47 bits per heavy atom. The molecule has 1 heterocycles. The summed E-state index contributed by atoms with van der Waals surface area (Å²) in [5.74, 6) is -1.34. The predicted molar refractivity (Wildman–Crippen MR) is 73.4 cm³/mol. The molecule has 0 bridgehead atoms. The molecule has 0 aliphatic carbocycles. The van der Waals surface area contributed by atoms with Crippen molar-refractivity contribution in [3.8, 4) is 11.3 Å². The topological polar surface area (TPSA) is 96.4 Å². The first kappa shape index (κ1) is 13.9. The maximum atomic E-state index is 11.3. The first-order valence-corrected chi connectivity index (χ1v) is 7.41. The largest absolute Gasteiger partial charge is 0.346 e. The Kier molecular flexibility index (Phi) is 3.83. The van der Waals surface area contributed by atoms with Gasteiger partial charge in [0.15, 0.2) is 0 Å². The second-order valence-electron chi connectivity index (χ2n) is 4.29. The summed E-state index contributed by atoms with van der Waals surface area (Å²) in [6.07, 6.45) is 0. The van der Waals surface area contributed by atoms with Crippen molar-refractivity contribution in [1.82, 2.24) is 4.98 Å². The Bertz CT molecular complexity index is 639. The van der Waals surface area contributed by atoms with Gasteiger partial charge in [-0.05, 0) is 24.6 Å². The Balaban J connectivity index is 2.57. The van der Waals surface area contributed by atoms with Crippen LogP contribution in [-0.4, -0.2) is 14.8 Å². The summed E-state index contributed by atoms with van der Waals surface area (Å²) in [5, 5.41) is 0. The van der Waals surface area contributed by atoms with Crippen molar-refractivity contribution in [2.45, 2.75) is 12.7 Å². The zero-order valence-electron chi connectivity index (χ0n) is 10.4. The fraction of sp³-hybridized carbons (Fsp3) is 0.154. The predicted octanol–water partition coefficient (Wildman–Crippen LogP) is 2.19. The molecule has 0 radical (unpaired) electrons. The second-order valence-corrected chi connectivity index (χ2v) is 6.02. The minimum atomic E-state index is -4.39. The van der Waals surface area contributed by atoms with E-state index in [9.17, 15) is 14.4 Å². The van der Waals surface area contributed by atoms with E-state index in [2.05, 4.69) is 4.98 Å². The lowest BCUT2D eigenvalue weighted by atomic mass is 10.0. The van der Waals surface area contributed by atoms with Crippen molar-refractivity contribution in [1.29, 1.82) is 0 Å². The first-order chi connectivity index (χ1) is 8.89. The van der Waals surface area contributed by atoms with E-state index in [1.165, 1.54) is 0 Å². The van der Waals surface area contributed by atoms with E-state index >= 15 is 0 Å². The molecule has 2 rings (SSSR count). The van der Waals surface area contributed by atoms with E-state index in [0.29, 0.717) is 16.8 Å². The number of nitrogens with zero attached hydrogens (tertiary/aromatic N) is 1. The van der Waals surface area contributed by atoms with E-state index in [4.69, 9.17) is 5.73 Å². The van der Waals surface area contributed by atoms with Crippen molar-refractivity contribution in [3.63, 3.8) is 0 Å². The molecule has 0 saturated carbocycles. The smallest absolute Gasteiger partial charge is 0.323 e. The number of benzene rings is 1. The molecule has 0 aliphatic heterocycles. The number of aryl methyl sites for hydroxylation is 1. The summed E-state index contributed by atoms with van der Waals surface area (Å²) >= 11 is 0. The zero-order chi connectivity index (χ0) is 14.0. The van der Waals surface area contributed by atoms with Gasteiger partial charge < -0.3 is 15.5 Å². The summed E-state index contributed by atoms with van der Waals surface area (Å²) < 4.78 is 11.3. The third kappa shape index (κ3) is 3.08. The number of hydrogen-bond acceptors (Lipinski definition) is 3. The minimum absolute atomic E-state index is 0.397. The summed E-state index contributed by atoms with van der Waals surface area (Å²) in [4.78, 5) is 22.8. The van der Waals surface area contributed by atoms with Crippen LogP contribution in [0.5, 0.6) is 0 Å². The molecular formula is C13H15N2O3P. The Hall–Kier alpha value is -1.52. The van der Waals surface area contributed by atoms with E-state index in [1.54, 1.807) is 30.3 Å². The van der Waals surface area contributed by atoms with Crippen LogP contribution in [0.25, 0.3) is 11.3 Å². The summed E-state index contributed by atoms with van der Waals surface area (Å²) in [6.45, 7) is 1.86. The highest BCUT2D eigenvalue weighted by Gasteiger charge is 2.28. The lowest BCUT2D eigenvalue weighted by Gasteiger charge is -2.17. The standard InChI is InChI=1S/C13H15N2O3P/c1-9-5-4-8-12(15-9)10-6-2-3-7-11(10)13(14)19(16,17)18/h2-8,13H,14H2,1H3,(H2,16,17,18). The molecule has 4 N–H and O–H groups in total. The van der Waals surface area contributed by atoms with Crippen LogP contribution in [0.15, 0.2) is 42.5 Å². The molecule has 19 heavy (non-hydrogen) atoms. The van der Waals surface area contributed by atoms with Crippen molar-refractivity contribution in [2.24, 2.45) is 5.73 Å². The van der Waals surface area contributed by atoms with Crippen LogP contribution in [-0.2, 0) is 4.57 Å². The minimum Gasteiger partial charge on any atom is -0.323 e. The highest BCUT2D eigenvalue weighted by molar-refractivity contribution is 7.52. The molecular weight excluding hydrogens is 263 g/mol. The van der Waals surface area contributed by atoms with Crippen molar-refractivity contribution in [2.75, 3.05) is 0 Å². The van der Waals surface area contributed by atoms with Crippen LogP contribution in [0.1, 0.15) is 17.0 Å². The number of nitrogens with two attached hydrogens (primary N) is 1. The summed E-state index contributed by atoms with van der Waals surface area (Å²) in [7, 11) is -4.39. The Morgan fingerprint density at radius 2 is 1.84 bits per heavy atom. The van der Waals surface area contributed by atoms with Gasteiger partial charge in [0, 0.05) is 11.3 Å². The molecule has 0 fully saturated rings. The van der Waals surface area contributed by atoms with Crippen LogP contribution in [0.2, 0.25) is 0 Å². The fourth-order valence-corrected chi connectivity index (χ4v) is 2.45. The maximum absolute atomic E-state index is 11.3. The molecule has 0 spiro atoms. The Morgan fingerprint density at radius 1 is 1.16 bits per heavy atom. The highest BCUT2D eigenvalue weighted by atomic mass is 31.2. The monoisotopic (exact) mass is 278 g/mol. The van der Waals surface area contributed by atoms with Gasteiger partial charge in [0.1, 0.15) is 5.78 Å². The van der Waals surface area contributed by atoms with Crippen LogP contribution >= 0.6 is 7.60 Å². The van der Waals surface area contributed by atoms with Crippen LogP contribution in [0, 0.1) is 6.92 Å². The molecule has 0 aliphatic rings. The van der Waals surface area contributed by atoms with Crippen molar-refractivity contribution < 1.29 is 14.4 Å². The lowest BCUT2D eigenvalue weighted by Crippen LogP contribution is -2.12. The number of aromatic nitrogens is 1. The molecule has 0 amide bonds. The molecule has 5 nitrogen and oxygen atoms in total. The number of rotatable bonds is 3. The van der Waals surface area contributed by atoms with E-state index in [-0.39, 0.29) is 0 Å². The summed E-state index contributed by atoms with van der Waals surface area (Å²) in [6, 6.07) is 12.3. The van der Waals surface area contributed by atoms with Gasteiger partial charge in [-0.1, -0.05) is 30.3 Å². The maximum Gasteiger partial charge on any atom is 0.346 e. The third-order valence-electron chi connectivity index (χ3n) is 2.81. The Labute approximate surface area is 111 Å². The number of pyridine rings is 1. The third-order valence-corrected chi connectivity index (χ3v) is 3.81. The van der Waals surface area contributed by atoms with Crippen molar-refractivity contribution >= 4 is 7.60 Å². The van der Waals surface area contributed by atoms with E-state index in [1.807, 2.05) is 19.1 Å². The highest BCUT2D eigenvalue weighted by Crippen LogP contribution is 2.49. The first-order valence-electron chi connectivity index (χ1n) is 5.73. The molecule has 1 aromatic carbocycles. The zero-order valence-corrected chi connectivity index (χ0v) is 11.3. The summed E-state index contributed by atoms with van der Waals surface area (Å²) in [5.41, 5.74) is 8.18. The van der Waals surface area contributed by atoms with Gasteiger partial charge in [-0.15, -0.1) is 0 Å². The van der Waals surface area contributed by atoms with Gasteiger partial charge in [0.25, 0.3) is 0 Å². The van der Waals surface area contributed by atoms with Gasteiger partial charge in [-0.2, -0.15) is 0 Å². The van der Waals surface area contributed by atoms with Gasteiger partial charge in [0.05, 0.1) is 5.69 Å².